The van der Waals surface area contributed by atoms with Crippen LogP contribution in [0.3, 0.4) is 0 Å². The fourth-order valence-electron chi connectivity index (χ4n) is 7.26. The molecule has 53 heavy (non-hydrogen) atoms. The molecule has 2 saturated heterocycles. The summed E-state index contributed by atoms with van der Waals surface area (Å²) in [7, 11) is 0. The molecule has 2 aromatic heterocycles. The number of hydrogen-bond acceptors (Lipinski definition) is 8. The highest BCUT2D eigenvalue weighted by Gasteiger charge is 2.42. The van der Waals surface area contributed by atoms with Crippen molar-refractivity contribution in [2.24, 2.45) is 0 Å². The van der Waals surface area contributed by atoms with Crippen molar-refractivity contribution in [2.45, 2.75) is 56.8 Å². The Kier molecular flexibility index (Phi) is 8.96. The van der Waals surface area contributed by atoms with E-state index in [1.54, 1.807) is 36.7 Å². The molecule has 2 N–H and O–H groups in total. The average Bonchev–Trinajstić information content (AvgIpc) is 3.79. The zero-order valence-corrected chi connectivity index (χ0v) is 29.9. The van der Waals surface area contributed by atoms with E-state index >= 15 is 8.78 Å². The Hall–Kier alpha value is -5.57. The molecule has 1 atom stereocenters. The van der Waals surface area contributed by atoms with Crippen LogP contribution in [-0.2, 0) is 33.4 Å². The molecule has 0 bridgehead atoms. The van der Waals surface area contributed by atoms with E-state index in [0.717, 1.165) is 39.6 Å². The smallest absolute Gasteiger partial charge is 0.349 e. The highest BCUT2D eigenvalue weighted by atomic mass is 79.9. The van der Waals surface area contributed by atoms with Crippen molar-refractivity contribution in [3.63, 3.8) is 0 Å². The number of rotatable bonds is 8. The number of para-hydroxylation sites is 1. The van der Waals surface area contributed by atoms with Crippen molar-refractivity contribution in [1.29, 1.82) is 0 Å². The zero-order chi connectivity index (χ0) is 36.9. The number of anilines is 1. The Morgan fingerprint density at radius 1 is 1.00 bits per heavy atom. The Morgan fingerprint density at radius 2 is 1.81 bits per heavy atom. The highest BCUT2D eigenvalue weighted by molar-refractivity contribution is 9.10. The van der Waals surface area contributed by atoms with Crippen LogP contribution in [0, 0.1) is 0 Å². The van der Waals surface area contributed by atoms with E-state index in [2.05, 4.69) is 36.6 Å². The summed E-state index contributed by atoms with van der Waals surface area (Å²) < 4.78 is 33.9. The van der Waals surface area contributed by atoms with Gasteiger partial charge < -0.3 is 15.1 Å². The number of amides is 4. The van der Waals surface area contributed by atoms with Gasteiger partial charge in [-0.05, 0) is 76.7 Å². The summed E-state index contributed by atoms with van der Waals surface area (Å²) in [5.41, 5.74) is 4.89. The number of alkyl halides is 2. The van der Waals surface area contributed by atoms with Gasteiger partial charge in [0.25, 0.3) is 11.8 Å². The minimum atomic E-state index is -3.80. The lowest BCUT2D eigenvalue weighted by molar-refractivity contribution is -0.147. The van der Waals surface area contributed by atoms with Crippen LogP contribution in [0.4, 0.5) is 14.5 Å². The first-order valence-electron chi connectivity index (χ1n) is 17.3. The summed E-state index contributed by atoms with van der Waals surface area (Å²) in [4.78, 5) is 62.5. The van der Waals surface area contributed by atoms with E-state index in [-0.39, 0.29) is 43.8 Å². The van der Waals surface area contributed by atoms with Gasteiger partial charge in [0, 0.05) is 65.6 Å². The second kappa shape index (κ2) is 13.8. The topological polar surface area (TPSA) is 142 Å². The molecule has 3 aliphatic heterocycles. The molecule has 4 amide bonds. The number of fused-ring (bicyclic) bond motifs is 2. The maximum Gasteiger partial charge on any atom is 0.349 e. The summed E-state index contributed by atoms with van der Waals surface area (Å²) in [6.07, 6.45) is 7.33. The molecule has 15 heteroatoms. The predicted molar refractivity (Wildman–Crippen MR) is 194 cm³/mol. The third-order valence-corrected chi connectivity index (χ3v) is 10.8. The van der Waals surface area contributed by atoms with Crippen molar-refractivity contribution in [3.8, 4) is 11.3 Å². The number of halogens is 3. The number of benzene rings is 3. The van der Waals surface area contributed by atoms with Crippen LogP contribution in [0.2, 0.25) is 0 Å². The van der Waals surface area contributed by atoms with Gasteiger partial charge in [-0.3, -0.25) is 34.2 Å². The van der Waals surface area contributed by atoms with Crippen molar-refractivity contribution >= 4 is 56.3 Å². The Balaban J connectivity index is 0.877. The summed E-state index contributed by atoms with van der Waals surface area (Å²) in [6, 6.07) is 15.9. The van der Waals surface area contributed by atoms with Crippen LogP contribution < -0.4 is 15.5 Å². The number of aromatic nitrogens is 4. The quantitative estimate of drug-likeness (QED) is 0.203. The van der Waals surface area contributed by atoms with Gasteiger partial charge in [-0.2, -0.15) is 13.9 Å². The standard InChI is InChI=1S/C38H33BrF2N8O4/c39-29-5-2-6-30-34(29)45-31(19-42-30)24-18-44-49(21-24)26-11-13-47(14-12-26)27-4-1-3-25(16-27)38(40,41)37(53)43-17-22-7-8-28-23(15-22)20-48(36(28)52)32-9-10-33(50)46-35(32)51/h1-8,15-16,18-19,21,26,32H,9-14,17,20H2,(H,43,53)(H,46,50,51). The lowest BCUT2D eigenvalue weighted by Crippen LogP contribution is -2.52. The van der Waals surface area contributed by atoms with Gasteiger partial charge in [-0.25, -0.2) is 4.98 Å². The minimum Gasteiger partial charge on any atom is -0.371 e. The normalized spacial score (nSPS) is 18.0. The highest BCUT2D eigenvalue weighted by Crippen LogP contribution is 2.34. The van der Waals surface area contributed by atoms with E-state index < -0.39 is 29.3 Å². The molecule has 1 unspecified atom stereocenters. The number of carbonyl (C=O) groups is 4. The molecule has 3 aliphatic rings. The molecule has 0 saturated carbocycles. The van der Waals surface area contributed by atoms with Crippen molar-refractivity contribution in [2.75, 3.05) is 18.0 Å². The third-order valence-electron chi connectivity index (χ3n) is 10.2. The Bertz CT molecular complexity index is 2290. The molecule has 2 fully saturated rings. The minimum absolute atomic E-state index is 0.119. The lowest BCUT2D eigenvalue weighted by Gasteiger charge is -2.34. The SMILES string of the molecule is O=C1CCC(N2Cc3cc(CNC(=O)C(F)(F)c4cccc(N5CCC(n6cc(-c7cnc8cccc(Br)c8n7)cn6)CC5)c4)ccc3C2=O)C(=O)N1. The molecule has 8 rings (SSSR count). The van der Waals surface area contributed by atoms with Gasteiger partial charge in [0.15, 0.2) is 0 Å². The van der Waals surface area contributed by atoms with Crippen LogP contribution in [0.25, 0.3) is 22.3 Å². The molecule has 5 heterocycles. The van der Waals surface area contributed by atoms with Crippen LogP contribution >= 0.6 is 15.9 Å². The summed E-state index contributed by atoms with van der Waals surface area (Å²) in [5, 5.41) is 9.22. The van der Waals surface area contributed by atoms with Gasteiger partial charge >= 0.3 is 5.92 Å². The van der Waals surface area contributed by atoms with E-state index in [4.69, 9.17) is 4.98 Å². The van der Waals surface area contributed by atoms with Crippen LogP contribution in [0.15, 0.2) is 83.7 Å². The molecule has 12 nitrogen and oxygen atoms in total. The van der Waals surface area contributed by atoms with Crippen LogP contribution in [-0.4, -0.2) is 67.4 Å². The average molecular weight is 784 g/mol. The lowest BCUT2D eigenvalue weighted by atomic mass is 10.0. The van der Waals surface area contributed by atoms with Crippen LogP contribution in [0.5, 0.6) is 0 Å². The van der Waals surface area contributed by atoms with Gasteiger partial charge in [-0.1, -0.05) is 30.3 Å². The number of nitrogens with zero attached hydrogens (tertiary/aromatic N) is 6. The third kappa shape index (κ3) is 6.65. The van der Waals surface area contributed by atoms with E-state index in [0.29, 0.717) is 35.5 Å². The van der Waals surface area contributed by atoms with Gasteiger partial charge in [0.1, 0.15) is 11.6 Å². The monoisotopic (exact) mass is 782 g/mol. The first-order chi connectivity index (χ1) is 25.5. The maximum atomic E-state index is 15.6. The van der Waals surface area contributed by atoms with Crippen molar-refractivity contribution in [1.82, 2.24) is 35.3 Å². The molecular weight excluding hydrogens is 750 g/mol. The largest absolute Gasteiger partial charge is 0.371 e. The van der Waals surface area contributed by atoms with Gasteiger partial charge in [-0.15, -0.1) is 0 Å². The number of piperidine rings is 2. The number of imide groups is 1. The van der Waals surface area contributed by atoms with E-state index in [1.807, 2.05) is 34.0 Å². The van der Waals surface area contributed by atoms with Gasteiger partial charge in [0.05, 0.1) is 29.6 Å². The van der Waals surface area contributed by atoms with E-state index in [1.165, 1.54) is 23.1 Å². The molecule has 0 radical (unpaired) electrons. The Morgan fingerprint density at radius 3 is 2.62 bits per heavy atom. The predicted octanol–water partition coefficient (Wildman–Crippen LogP) is 5.27. The summed E-state index contributed by atoms with van der Waals surface area (Å²) in [5.74, 6) is -6.46. The second-order valence-corrected chi connectivity index (χ2v) is 14.3. The first kappa shape index (κ1) is 34.5. The van der Waals surface area contributed by atoms with Crippen molar-refractivity contribution < 1.29 is 28.0 Å². The van der Waals surface area contributed by atoms with Gasteiger partial charge in [0.2, 0.25) is 11.8 Å². The molecule has 3 aromatic carbocycles. The molecular formula is C38H33BrF2N8O4. The molecule has 5 aromatic rings. The molecule has 0 spiro atoms. The first-order valence-corrected chi connectivity index (χ1v) is 18.1. The zero-order valence-electron chi connectivity index (χ0n) is 28.3. The maximum absolute atomic E-state index is 15.6. The summed E-state index contributed by atoms with van der Waals surface area (Å²) >= 11 is 3.54. The fraction of sp³-hybridized carbons (Fsp3) is 0.289. The summed E-state index contributed by atoms with van der Waals surface area (Å²) in [6.45, 7) is 1.20. The van der Waals surface area contributed by atoms with E-state index in [9.17, 15) is 19.2 Å². The molecule has 0 aliphatic carbocycles. The number of carbonyl (C=O) groups excluding carboxylic acids is 4. The second-order valence-electron chi connectivity index (χ2n) is 13.5. The van der Waals surface area contributed by atoms with Crippen LogP contribution in [0.1, 0.15) is 58.8 Å². The Labute approximate surface area is 310 Å². The number of hydrogen-bond donors (Lipinski definition) is 2. The fourth-order valence-corrected chi connectivity index (χ4v) is 7.70. The van der Waals surface area contributed by atoms with Crippen molar-refractivity contribution in [3.05, 3.63) is 106 Å². The molecule has 270 valence electrons. The number of nitrogens with one attached hydrogen (secondary N) is 2.